The van der Waals surface area contributed by atoms with Crippen LogP contribution >= 0.6 is 0 Å². The van der Waals surface area contributed by atoms with Crippen molar-refractivity contribution in [3.05, 3.63) is 29.3 Å². The molecule has 4 nitrogen and oxygen atoms in total. The normalized spacial score (nSPS) is 10.7. The molecule has 0 heterocycles. The maximum Gasteiger partial charge on any atom is 0.303 e. The quantitative estimate of drug-likeness (QED) is 0.808. The first-order valence-corrected chi connectivity index (χ1v) is 6.06. The Morgan fingerprint density at radius 2 is 2.17 bits per heavy atom. The molecule has 18 heavy (non-hydrogen) atoms. The van der Waals surface area contributed by atoms with Crippen LogP contribution in [0.15, 0.2) is 18.2 Å². The number of rotatable bonds is 7. The Morgan fingerprint density at radius 1 is 1.44 bits per heavy atom. The van der Waals surface area contributed by atoms with Crippen LogP contribution in [0.25, 0.3) is 0 Å². The summed E-state index contributed by atoms with van der Waals surface area (Å²) in [5.41, 5.74) is 2.33. The maximum absolute atomic E-state index is 10.4. The lowest BCUT2D eigenvalue weighted by Gasteiger charge is -2.18. The van der Waals surface area contributed by atoms with E-state index in [0.717, 1.165) is 24.4 Å². The predicted octanol–water partition coefficient (Wildman–Crippen LogP) is 2.30. The molecule has 1 aromatic carbocycles. The Morgan fingerprint density at radius 3 is 2.78 bits per heavy atom. The fourth-order valence-corrected chi connectivity index (χ4v) is 1.90. The summed E-state index contributed by atoms with van der Waals surface area (Å²) in [6, 6.07) is 6.09. The number of nitrogens with zero attached hydrogens (tertiary/aromatic N) is 1. The van der Waals surface area contributed by atoms with Crippen LogP contribution in [0.4, 0.5) is 0 Å². The van der Waals surface area contributed by atoms with Crippen molar-refractivity contribution in [2.24, 2.45) is 0 Å². The first kappa shape index (κ1) is 14.5. The zero-order chi connectivity index (χ0) is 13.5. The second-order valence-electron chi connectivity index (χ2n) is 4.55. The molecular weight excluding hydrogens is 230 g/mol. The first-order chi connectivity index (χ1) is 8.52. The lowest BCUT2D eigenvalue weighted by atomic mass is 10.1. The third-order valence-corrected chi connectivity index (χ3v) is 2.81. The summed E-state index contributed by atoms with van der Waals surface area (Å²) in [6.45, 7) is 3.58. The molecule has 0 unspecified atom stereocenters. The van der Waals surface area contributed by atoms with Gasteiger partial charge in [0, 0.05) is 18.5 Å². The summed E-state index contributed by atoms with van der Waals surface area (Å²) in [5, 5.41) is 8.60. The average Bonchev–Trinajstić information content (AvgIpc) is 2.28. The molecule has 0 saturated heterocycles. The summed E-state index contributed by atoms with van der Waals surface area (Å²) in [4.78, 5) is 12.6. The van der Waals surface area contributed by atoms with Crippen molar-refractivity contribution in [1.82, 2.24) is 4.90 Å². The van der Waals surface area contributed by atoms with Gasteiger partial charge in [-0.05, 0) is 33.0 Å². The van der Waals surface area contributed by atoms with Crippen LogP contribution in [0, 0.1) is 6.92 Å². The van der Waals surface area contributed by atoms with E-state index >= 15 is 0 Å². The van der Waals surface area contributed by atoms with Crippen LogP contribution in [0.2, 0.25) is 0 Å². The predicted molar refractivity (Wildman–Crippen MR) is 70.9 cm³/mol. The summed E-state index contributed by atoms with van der Waals surface area (Å²) < 4.78 is 5.32. The van der Waals surface area contributed by atoms with E-state index in [-0.39, 0.29) is 6.42 Å². The van der Waals surface area contributed by atoms with Crippen molar-refractivity contribution in [2.75, 3.05) is 20.7 Å². The van der Waals surface area contributed by atoms with Gasteiger partial charge in [0.25, 0.3) is 0 Å². The van der Waals surface area contributed by atoms with Crippen molar-refractivity contribution in [3.8, 4) is 5.75 Å². The molecule has 100 valence electrons. The van der Waals surface area contributed by atoms with Crippen LogP contribution < -0.4 is 4.74 Å². The van der Waals surface area contributed by atoms with Gasteiger partial charge in [-0.25, -0.2) is 0 Å². The highest BCUT2D eigenvalue weighted by Crippen LogP contribution is 2.21. The maximum atomic E-state index is 10.4. The molecule has 1 aromatic rings. The van der Waals surface area contributed by atoms with Crippen LogP contribution in [0.5, 0.6) is 5.75 Å². The highest BCUT2D eigenvalue weighted by Gasteiger charge is 2.07. The van der Waals surface area contributed by atoms with E-state index < -0.39 is 5.97 Å². The number of hydrogen-bond acceptors (Lipinski definition) is 3. The van der Waals surface area contributed by atoms with Crippen molar-refractivity contribution < 1.29 is 14.6 Å². The van der Waals surface area contributed by atoms with E-state index in [1.807, 2.05) is 26.1 Å². The minimum atomic E-state index is -0.739. The average molecular weight is 251 g/mol. The number of ether oxygens (including phenoxy) is 1. The fraction of sp³-hybridized carbons (Fsp3) is 0.500. The van der Waals surface area contributed by atoms with Crippen molar-refractivity contribution in [1.29, 1.82) is 0 Å². The summed E-state index contributed by atoms with van der Waals surface area (Å²) in [5.74, 6) is 0.141. The molecule has 4 heteroatoms. The van der Waals surface area contributed by atoms with Gasteiger partial charge in [-0.1, -0.05) is 17.7 Å². The van der Waals surface area contributed by atoms with E-state index in [0.29, 0.717) is 6.42 Å². The molecule has 0 aliphatic carbocycles. The largest absolute Gasteiger partial charge is 0.496 e. The highest BCUT2D eigenvalue weighted by atomic mass is 16.5. The van der Waals surface area contributed by atoms with Crippen molar-refractivity contribution >= 4 is 5.97 Å². The second-order valence-corrected chi connectivity index (χ2v) is 4.55. The third-order valence-electron chi connectivity index (χ3n) is 2.81. The molecule has 0 fully saturated rings. The fourth-order valence-electron chi connectivity index (χ4n) is 1.90. The number of hydrogen-bond donors (Lipinski definition) is 1. The lowest BCUT2D eigenvalue weighted by Crippen LogP contribution is -2.20. The number of methoxy groups -OCH3 is 1. The van der Waals surface area contributed by atoms with Gasteiger partial charge in [-0.3, -0.25) is 4.79 Å². The van der Waals surface area contributed by atoms with Crippen LogP contribution in [0.3, 0.4) is 0 Å². The molecule has 0 radical (unpaired) electrons. The molecule has 1 rings (SSSR count). The minimum Gasteiger partial charge on any atom is -0.496 e. The standard InChI is InChI=1S/C14H21NO3/c1-11-6-7-13(18-3)12(9-11)10-15(2)8-4-5-14(16)17/h6-7,9H,4-5,8,10H2,1-3H3,(H,16,17). The number of benzene rings is 1. The Kier molecular flexibility index (Phi) is 5.65. The minimum absolute atomic E-state index is 0.218. The molecule has 0 aliphatic rings. The number of carboxylic acid groups (broad SMARTS) is 1. The molecule has 0 amide bonds. The van der Waals surface area contributed by atoms with Gasteiger partial charge in [0.2, 0.25) is 0 Å². The number of carboxylic acids is 1. The molecule has 0 aromatic heterocycles. The van der Waals surface area contributed by atoms with Gasteiger partial charge in [0.15, 0.2) is 0 Å². The molecule has 0 atom stereocenters. The summed E-state index contributed by atoms with van der Waals surface area (Å²) >= 11 is 0. The monoisotopic (exact) mass is 251 g/mol. The van der Waals surface area contributed by atoms with Crippen LogP contribution in [-0.4, -0.2) is 36.7 Å². The zero-order valence-electron chi connectivity index (χ0n) is 11.3. The molecule has 0 saturated carbocycles. The number of aryl methyl sites for hydroxylation is 1. The van der Waals surface area contributed by atoms with E-state index in [2.05, 4.69) is 11.0 Å². The van der Waals surface area contributed by atoms with E-state index in [9.17, 15) is 4.79 Å². The Labute approximate surface area is 108 Å². The molecule has 1 N–H and O–H groups in total. The molecule has 0 bridgehead atoms. The summed E-state index contributed by atoms with van der Waals surface area (Å²) in [6.07, 6.45) is 0.884. The Hall–Kier alpha value is -1.55. The number of aliphatic carboxylic acids is 1. The lowest BCUT2D eigenvalue weighted by molar-refractivity contribution is -0.137. The zero-order valence-corrected chi connectivity index (χ0v) is 11.3. The van der Waals surface area contributed by atoms with Gasteiger partial charge < -0.3 is 14.7 Å². The van der Waals surface area contributed by atoms with Gasteiger partial charge in [-0.15, -0.1) is 0 Å². The summed E-state index contributed by atoms with van der Waals surface area (Å²) in [7, 11) is 3.65. The smallest absolute Gasteiger partial charge is 0.303 e. The first-order valence-electron chi connectivity index (χ1n) is 6.06. The van der Waals surface area contributed by atoms with Gasteiger partial charge in [-0.2, -0.15) is 0 Å². The Bertz CT molecular complexity index is 404. The van der Waals surface area contributed by atoms with E-state index in [1.165, 1.54) is 5.56 Å². The van der Waals surface area contributed by atoms with E-state index in [4.69, 9.17) is 9.84 Å². The number of carbonyl (C=O) groups is 1. The van der Waals surface area contributed by atoms with Gasteiger partial charge >= 0.3 is 5.97 Å². The SMILES string of the molecule is COc1ccc(C)cc1CN(C)CCCC(=O)O. The van der Waals surface area contributed by atoms with Crippen LogP contribution in [-0.2, 0) is 11.3 Å². The molecule has 0 aliphatic heterocycles. The Balaban J connectivity index is 2.55. The van der Waals surface area contributed by atoms with Crippen molar-refractivity contribution in [2.45, 2.75) is 26.3 Å². The van der Waals surface area contributed by atoms with E-state index in [1.54, 1.807) is 7.11 Å². The molecule has 0 spiro atoms. The second kappa shape index (κ2) is 7.01. The molecular formula is C14H21NO3. The van der Waals surface area contributed by atoms with Crippen molar-refractivity contribution in [3.63, 3.8) is 0 Å². The topological polar surface area (TPSA) is 49.8 Å². The van der Waals surface area contributed by atoms with Gasteiger partial charge in [0.1, 0.15) is 5.75 Å². The van der Waals surface area contributed by atoms with Crippen LogP contribution in [0.1, 0.15) is 24.0 Å². The highest BCUT2D eigenvalue weighted by molar-refractivity contribution is 5.66. The van der Waals surface area contributed by atoms with Gasteiger partial charge in [0.05, 0.1) is 7.11 Å². The third kappa shape index (κ3) is 4.75.